The number of hydrogen-bond acceptors (Lipinski definition) is 6. The summed E-state index contributed by atoms with van der Waals surface area (Å²) >= 11 is 0. The van der Waals surface area contributed by atoms with E-state index in [1.807, 2.05) is 0 Å². The molecule has 96 valence electrons. The highest BCUT2D eigenvalue weighted by molar-refractivity contribution is 5.33. The Hall–Kier alpha value is -1.56. The van der Waals surface area contributed by atoms with Crippen molar-refractivity contribution in [2.75, 3.05) is 26.1 Å². The first kappa shape index (κ1) is 13.5. The van der Waals surface area contributed by atoms with Crippen LogP contribution in [0.25, 0.3) is 0 Å². The first-order valence-electron chi connectivity index (χ1n) is 5.54. The number of rotatable bonds is 7. The molecule has 1 rings (SSSR count). The molecule has 1 heterocycles. The maximum Gasteiger partial charge on any atom is 0.229 e. The Bertz CT molecular complexity index is 322. The molecule has 0 aliphatic carbocycles. The average Bonchev–Trinajstić information content (AvgIpc) is 2.34. The van der Waals surface area contributed by atoms with Crippen LogP contribution in [0.5, 0.6) is 11.8 Å². The molecule has 17 heavy (non-hydrogen) atoms. The summed E-state index contributed by atoms with van der Waals surface area (Å²) in [4.78, 5) is 8.26. The van der Waals surface area contributed by atoms with Crippen LogP contribution in [0, 0.1) is 0 Å². The fraction of sp³-hybridized carbons (Fsp3) is 0.636. The molecule has 1 aromatic heterocycles. The topological polar surface area (TPSA) is 76.5 Å². The molecule has 2 N–H and O–H groups in total. The van der Waals surface area contributed by atoms with E-state index in [1.54, 1.807) is 27.2 Å². The van der Waals surface area contributed by atoms with E-state index in [2.05, 4.69) is 15.3 Å². The van der Waals surface area contributed by atoms with E-state index in [-0.39, 0.29) is 6.10 Å². The van der Waals surface area contributed by atoms with E-state index in [1.165, 1.54) is 0 Å². The van der Waals surface area contributed by atoms with Gasteiger partial charge in [0.25, 0.3) is 0 Å². The van der Waals surface area contributed by atoms with Crippen molar-refractivity contribution in [2.24, 2.45) is 0 Å². The summed E-state index contributed by atoms with van der Waals surface area (Å²) in [7, 11) is 3.08. The quantitative estimate of drug-likeness (QED) is 0.695. The molecular weight excluding hydrogens is 222 g/mol. The number of aliphatic hydroxyl groups excluding tert-OH is 1. The van der Waals surface area contributed by atoms with E-state index in [9.17, 15) is 0 Å². The summed E-state index contributed by atoms with van der Waals surface area (Å²) in [6.45, 7) is 2.46. The van der Waals surface area contributed by atoms with E-state index in [4.69, 9.17) is 14.6 Å². The first-order chi connectivity index (χ1) is 8.15. The predicted octanol–water partition coefficient (Wildman–Crippen LogP) is 1.07. The van der Waals surface area contributed by atoms with Gasteiger partial charge in [-0.05, 0) is 19.8 Å². The minimum absolute atomic E-state index is 0.280. The maximum atomic E-state index is 9.11. The molecular formula is C11H19N3O3. The van der Waals surface area contributed by atoms with Gasteiger partial charge < -0.3 is 19.9 Å². The van der Waals surface area contributed by atoms with Crippen molar-refractivity contribution in [3.8, 4) is 11.8 Å². The zero-order valence-electron chi connectivity index (χ0n) is 10.4. The third kappa shape index (κ3) is 4.86. The number of ether oxygens (including phenoxy) is 2. The molecule has 0 aliphatic rings. The highest BCUT2D eigenvalue weighted by atomic mass is 16.5. The van der Waals surface area contributed by atoms with E-state index in [0.717, 1.165) is 12.8 Å². The number of anilines is 1. The predicted molar refractivity (Wildman–Crippen MR) is 64.5 cm³/mol. The van der Waals surface area contributed by atoms with Crippen molar-refractivity contribution >= 4 is 5.95 Å². The largest absolute Gasteiger partial charge is 0.481 e. The van der Waals surface area contributed by atoms with Gasteiger partial charge >= 0.3 is 0 Å². The highest BCUT2D eigenvalue weighted by Crippen LogP contribution is 2.17. The molecule has 0 spiro atoms. The lowest BCUT2D eigenvalue weighted by Crippen LogP contribution is -2.09. The van der Waals surface area contributed by atoms with Crippen LogP contribution >= 0.6 is 0 Å². The van der Waals surface area contributed by atoms with Crippen LogP contribution in [0.15, 0.2) is 6.07 Å². The van der Waals surface area contributed by atoms with Crippen molar-refractivity contribution in [1.29, 1.82) is 0 Å². The first-order valence-corrected chi connectivity index (χ1v) is 5.54. The summed E-state index contributed by atoms with van der Waals surface area (Å²) in [6, 6.07) is 1.61. The summed E-state index contributed by atoms with van der Waals surface area (Å²) in [5.41, 5.74) is 0. The Morgan fingerprint density at radius 2 is 1.88 bits per heavy atom. The number of aliphatic hydroxyl groups is 1. The average molecular weight is 241 g/mol. The summed E-state index contributed by atoms with van der Waals surface area (Å²) in [5, 5.41) is 12.2. The number of hydrogen-bond donors (Lipinski definition) is 2. The van der Waals surface area contributed by atoms with Crippen molar-refractivity contribution in [1.82, 2.24) is 9.97 Å². The molecule has 0 saturated heterocycles. The van der Waals surface area contributed by atoms with Gasteiger partial charge in [0.2, 0.25) is 17.7 Å². The standard InChI is InChI=1S/C11H19N3O3/c1-8(15)5-4-6-12-11-13-9(16-2)7-10(14-11)17-3/h7-8,15H,4-6H2,1-3H3,(H,12,13,14). The number of nitrogens with one attached hydrogen (secondary N) is 1. The van der Waals surface area contributed by atoms with Gasteiger partial charge in [-0.25, -0.2) is 0 Å². The minimum Gasteiger partial charge on any atom is -0.481 e. The van der Waals surface area contributed by atoms with Crippen molar-refractivity contribution in [3.05, 3.63) is 6.07 Å². The second kappa shape index (κ2) is 6.90. The van der Waals surface area contributed by atoms with Crippen molar-refractivity contribution in [2.45, 2.75) is 25.9 Å². The normalized spacial score (nSPS) is 12.0. The molecule has 1 aromatic rings. The number of methoxy groups -OCH3 is 2. The number of nitrogens with zero attached hydrogens (tertiary/aromatic N) is 2. The van der Waals surface area contributed by atoms with Crippen LogP contribution in [0.2, 0.25) is 0 Å². The Morgan fingerprint density at radius 3 is 2.35 bits per heavy atom. The SMILES string of the molecule is COc1cc(OC)nc(NCCCC(C)O)n1. The summed E-state index contributed by atoms with van der Waals surface area (Å²) in [5.74, 6) is 1.37. The lowest BCUT2D eigenvalue weighted by atomic mass is 10.2. The van der Waals surface area contributed by atoms with Crippen LogP contribution in [-0.2, 0) is 0 Å². The zero-order chi connectivity index (χ0) is 12.7. The third-order valence-electron chi connectivity index (χ3n) is 2.18. The molecule has 0 saturated carbocycles. The second-order valence-electron chi connectivity index (χ2n) is 3.69. The van der Waals surface area contributed by atoms with Gasteiger partial charge in [0, 0.05) is 6.54 Å². The van der Waals surface area contributed by atoms with Crippen LogP contribution < -0.4 is 14.8 Å². The van der Waals surface area contributed by atoms with Crippen LogP contribution in [0.4, 0.5) is 5.95 Å². The van der Waals surface area contributed by atoms with E-state index < -0.39 is 0 Å². The monoisotopic (exact) mass is 241 g/mol. The molecule has 0 bridgehead atoms. The minimum atomic E-state index is -0.280. The molecule has 0 aliphatic heterocycles. The van der Waals surface area contributed by atoms with Crippen molar-refractivity contribution in [3.63, 3.8) is 0 Å². The maximum absolute atomic E-state index is 9.11. The van der Waals surface area contributed by atoms with E-state index in [0.29, 0.717) is 24.3 Å². The Labute approximate surface area is 101 Å². The lowest BCUT2D eigenvalue weighted by molar-refractivity contribution is 0.183. The zero-order valence-corrected chi connectivity index (χ0v) is 10.4. The summed E-state index contributed by atoms with van der Waals surface area (Å²) in [6.07, 6.45) is 1.31. The van der Waals surface area contributed by atoms with Crippen LogP contribution in [0.1, 0.15) is 19.8 Å². The smallest absolute Gasteiger partial charge is 0.229 e. The van der Waals surface area contributed by atoms with Crippen LogP contribution in [-0.4, -0.2) is 41.9 Å². The van der Waals surface area contributed by atoms with E-state index >= 15 is 0 Å². The van der Waals surface area contributed by atoms with Gasteiger partial charge in [0.05, 0.1) is 26.4 Å². The molecule has 6 nitrogen and oxygen atoms in total. The number of aromatic nitrogens is 2. The molecule has 6 heteroatoms. The van der Waals surface area contributed by atoms with Gasteiger partial charge in [0.1, 0.15) is 0 Å². The van der Waals surface area contributed by atoms with Gasteiger partial charge in [-0.15, -0.1) is 0 Å². The molecule has 0 aromatic carbocycles. The molecule has 0 fully saturated rings. The van der Waals surface area contributed by atoms with Crippen molar-refractivity contribution < 1.29 is 14.6 Å². The lowest BCUT2D eigenvalue weighted by Gasteiger charge is -2.08. The third-order valence-corrected chi connectivity index (χ3v) is 2.18. The fourth-order valence-corrected chi connectivity index (χ4v) is 1.29. The van der Waals surface area contributed by atoms with Gasteiger partial charge in [0.15, 0.2) is 0 Å². The van der Waals surface area contributed by atoms with Gasteiger partial charge in [-0.1, -0.05) is 0 Å². The summed E-state index contributed by atoms with van der Waals surface area (Å²) < 4.78 is 10.1. The Kier molecular flexibility index (Phi) is 5.48. The fourth-order valence-electron chi connectivity index (χ4n) is 1.29. The van der Waals surface area contributed by atoms with Crippen LogP contribution in [0.3, 0.4) is 0 Å². The van der Waals surface area contributed by atoms with Gasteiger partial charge in [-0.3, -0.25) is 0 Å². The molecule has 1 atom stereocenters. The Morgan fingerprint density at radius 1 is 1.29 bits per heavy atom. The molecule has 0 radical (unpaired) electrons. The van der Waals surface area contributed by atoms with Gasteiger partial charge in [-0.2, -0.15) is 9.97 Å². The Balaban J connectivity index is 2.51. The highest BCUT2D eigenvalue weighted by Gasteiger charge is 2.04. The molecule has 0 amide bonds. The molecule has 1 unspecified atom stereocenters. The second-order valence-corrected chi connectivity index (χ2v) is 3.69.